The van der Waals surface area contributed by atoms with E-state index < -0.39 is 0 Å². The van der Waals surface area contributed by atoms with Crippen molar-refractivity contribution in [3.63, 3.8) is 0 Å². The number of carbonyl (C=O) groups excluding carboxylic acids is 1. The average molecular weight is 210 g/mol. The summed E-state index contributed by atoms with van der Waals surface area (Å²) in [7, 11) is 0. The summed E-state index contributed by atoms with van der Waals surface area (Å²) in [5.41, 5.74) is 0. The summed E-state index contributed by atoms with van der Waals surface area (Å²) in [5.74, 6) is 1.93. The number of amides is 1. The van der Waals surface area contributed by atoms with Gasteiger partial charge in [-0.15, -0.1) is 0 Å². The standard InChI is InChI=1S/C12H22N2O/c1-9-3-5-14(6-4-9)12(15)11-8-13-7-10(11)2/h9-11,13H,3-8H2,1-2H3/t10-,11-/m1/s1. The fraction of sp³-hybridized carbons (Fsp3) is 0.917. The second-order valence-corrected chi connectivity index (χ2v) is 5.25. The maximum Gasteiger partial charge on any atom is 0.227 e. The molecule has 0 unspecified atom stereocenters. The molecule has 3 heteroatoms. The van der Waals surface area contributed by atoms with Gasteiger partial charge < -0.3 is 10.2 Å². The molecule has 0 aromatic heterocycles. The SMILES string of the molecule is CC1CCN(C(=O)[C@@H]2CNC[C@H]2C)CC1. The molecule has 1 amide bonds. The number of carbonyl (C=O) groups is 1. The van der Waals surface area contributed by atoms with Crippen molar-refractivity contribution in [2.45, 2.75) is 26.7 Å². The summed E-state index contributed by atoms with van der Waals surface area (Å²) in [5, 5.41) is 3.30. The molecule has 2 heterocycles. The topological polar surface area (TPSA) is 32.3 Å². The van der Waals surface area contributed by atoms with Crippen molar-refractivity contribution in [1.82, 2.24) is 10.2 Å². The first kappa shape index (κ1) is 10.9. The van der Waals surface area contributed by atoms with Crippen LogP contribution >= 0.6 is 0 Å². The van der Waals surface area contributed by atoms with Gasteiger partial charge in [0, 0.05) is 19.6 Å². The summed E-state index contributed by atoms with van der Waals surface area (Å²) in [4.78, 5) is 14.3. The predicted molar refractivity (Wildman–Crippen MR) is 60.5 cm³/mol. The zero-order chi connectivity index (χ0) is 10.8. The molecular weight excluding hydrogens is 188 g/mol. The summed E-state index contributed by atoms with van der Waals surface area (Å²) in [6, 6.07) is 0. The Bertz CT molecular complexity index is 234. The minimum Gasteiger partial charge on any atom is -0.342 e. The molecule has 0 spiro atoms. The van der Waals surface area contributed by atoms with E-state index in [1.807, 2.05) is 0 Å². The van der Waals surface area contributed by atoms with Gasteiger partial charge in [0.05, 0.1) is 5.92 Å². The molecule has 0 aliphatic carbocycles. The van der Waals surface area contributed by atoms with E-state index in [-0.39, 0.29) is 5.92 Å². The molecule has 2 aliphatic rings. The molecule has 15 heavy (non-hydrogen) atoms. The minimum absolute atomic E-state index is 0.235. The van der Waals surface area contributed by atoms with E-state index >= 15 is 0 Å². The van der Waals surface area contributed by atoms with Crippen molar-refractivity contribution in [1.29, 1.82) is 0 Å². The van der Waals surface area contributed by atoms with Crippen LogP contribution in [-0.4, -0.2) is 37.0 Å². The lowest BCUT2D eigenvalue weighted by molar-refractivity contribution is -0.137. The van der Waals surface area contributed by atoms with E-state index in [2.05, 4.69) is 24.1 Å². The van der Waals surface area contributed by atoms with Crippen LogP contribution in [0, 0.1) is 17.8 Å². The zero-order valence-electron chi connectivity index (χ0n) is 9.83. The van der Waals surface area contributed by atoms with Crippen LogP contribution in [-0.2, 0) is 4.79 Å². The highest BCUT2D eigenvalue weighted by atomic mass is 16.2. The van der Waals surface area contributed by atoms with Gasteiger partial charge in [-0.2, -0.15) is 0 Å². The first-order chi connectivity index (χ1) is 7.18. The van der Waals surface area contributed by atoms with E-state index in [9.17, 15) is 4.79 Å². The molecule has 0 radical (unpaired) electrons. The number of rotatable bonds is 1. The number of hydrogen-bond donors (Lipinski definition) is 1. The predicted octanol–water partition coefficient (Wildman–Crippen LogP) is 1.10. The molecule has 1 N–H and O–H groups in total. The molecule has 0 aromatic rings. The van der Waals surface area contributed by atoms with Crippen LogP contribution in [0.3, 0.4) is 0 Å². The zero-order valence-corrected chi connectivity index (χ0v) is 9.83. The van der Waals surface area contributed by atoms with Gasteiger partial charge >= 0.3 is 0 Å². The van der Waals surface area contributed by atoms with Crippen LogP contribution in [0.4, 0.5) is 0 Å². The third-order valence-electron chi connectivity index (χ3n) is 3.93. The lowest BCUT2D eigenvalue weighted by Gasteiger charge is -2.32. The van der Waals surface area contributed by atoms with E-state index in [1.54, 1.807) is 0 Å². The van der Waals surface area contributed by atoms with Crippen LogP contribution in [0.15, 0.2) is 0 Å². The third-order valence-corrected chi connectivity index (χ3v) is 3.93. The average Bonchev–Trinajstić information content (AvgIpc) is 2.65. The van der Waals surface area contributed by atoms with E-state index in [0.717, 1.165) is 32.1 Å². The lowest BCUT2D eigenvalue weighted by Crippen LogP contribution is -2.43. The molecule has 0 saturated carbocycles. The largest absolute Gasteiger partial charge is 0.342 e. The number of likely N-dealkylation sites (tertiary alicyclic amines) is 1. The molecule has 2 fully saturated rings. The second-order valence-electron chi connectivity index (χ2n) is 5.25. The first-order valence-electron chi connectivity index (χ1n) is 6.18. The lowest BCUT2D eigenvalue weighted by atomic mass is 9.93. The van der Waals surface area contributed by atoms with Gasteiger partial charge in [-0.25, -0.2) is 0 Å². The normalized spacial score (nSPS) is 33.3. The van der Waals surface area contributed by atoms with Crippen LogP contribution in [0.5, 0.6) is 0 Å². The fourth-order valence-corrected chi connectivity index (χ4v) is 2.60. The second kappa shape index (κ2) is 4.52. The molecule has 3 nitrogen and oxygen atoms in total. The van der Waals surface area contributed by atoms with Gasteiger partial charge in [-0.05, 0) is 31.2 Å². The summed E-state index contributed by atoms with van der Waals surface area (Å²) in [6.45, 7) is 8.29. The van der Waals surface area contributed by atoms with Crippen molar-refractivity contribution < 1.29 is 4.79 Å². The number of nitrogens with zero attached hydrogens (tertiary/aromatic N) is 1. The highest BCUT2D eigenvalue weighted by Crippen LogP contribution is 2.22. The minimum atomic E-state index is 0.235. The van der Waals surface area contributed by atoms with Gasteiger partial charge in [0.15, 0.2) is 0 Å². The fourth-order valence-electron chi connectivity index (χ4n) is 2.60. The van der Waals surface area contributed by atoms with Crippen molar-refractivity contribution in [2.24, 2.45) is 17.8 Å². The van der Waals surface area contributed by atoms with Crippen LogP contribution in [0.25, 0.3) is 0 Å². The van der Waals surface area contributed by atoms with Crippen molar-refractivity contribution in [3.8, 4) is 0 Å². The quantitative estimate of drug-likeness (QED) is 0.703. The molecule has 0 aromatic carbocycles. The first-order valence-corrected chi connectivity index (χ1v) is 6.18. The summed E-state index contributed by atoms with van der Waals surface area (Å²) < 4.78 is 0. The Morgan fingerprint density at radius 3 is 2.40 bits per heavy atom. The number of nitrogens with one attached hydrogen (secondary N) is 1. The van der Waals surface area contributed by atoms with Crippen LogP contribution in [0.1, 0.15) is 26.7 Å². The Labute approximate surface area is 92.2 Å². The smallest absolute Gasteiger partial charge is 0.227 e. The van der Waals surface area contributed by atoms with Gasteiger partial charge in [0.1, 0.15) is 0 Å². The van der Waals surface area contributed by atoms with E-state index in [1.165, 1.54) is 12.8 Å². The van der Waals surface area contributed by atoms with Gasteiger partial charge in [0.2, 0.25) is 5.91 Å². The number of hydrogen-bond acceptors (Lipinski definition) is 2. The monoisotopic (exact) mass is 210 g/mol. The Hall–Kier alpha value is -0.570. The van der Waals surface area contributed by atoms with Crippen LogP contribution in [0.2, 0.25) is 0 Å². The summed E-state index contributed by atoms with van der Waals surface area (Å²) in [6.07, 6.45) is 2.36. The van der Waals surface area contributed by atoms with Gasteiger partial charge in [-0.3, -0.25) is 4.79 Å². The molecule has 2 saturated heterocycles. The molecule has 2 rings (SSSR count). The molecule has 2 aliphatic heterocycles. The third kappa shape index (κ3) is 2.33. The molecule has 0 bridgehead atoms. The maximum atomic E-state index is 12.2. The summed E-state index contributed by atoms with van der Waals surface area (Å²) >= 11 is 0. The highest BCUT2D eigenvalue weighted by Gasteiger charge is 2.33. The van der Waals surface area contributed by atoms with Crippen LogP contribution < -0.4 is 5.32 Å². The highest BCUT2D eigenvalue weighted by molar-refractivity contribution is 5.79. The number of piperidine rings is 1. The Morgan fingerprint density at radius 2 is 1.87 bits per heavy atom. The Kier molecular flexibility index (Phi) is 3.29. The van der Waals surface area contributed by atoms with E-state index in [4.69, 9.17) is 0 Å². The van der Waals surface area contributed by atoms with E-state index in [0.29, 0.717) is 11.8 Å². The Balaban J connectivity index is 1.90. The van der Waals surface area contributed by atoms with Crippen molar-refractivity contribution >= 4 is 5.91 Å². The van der Waals surface area contributed by atoms with Gasteiger partial charge in [-0.1, -0.05) is 13.8 Å². The van der Waals surface area contributed by atoms with Crippen molar-refractivity contribution in [2.75, 3.05) is 26.2 Å². The maximum absolute atomic E-state index is 12.2. The molecule has 2 atom stereocenters. The van der Waals surface area contributed by atoms with Crippen molar-refractivity contribution in [3.05, 3.63) is 0 Å². The molecule has 86 valence electrons. The molecular formula is C12H22N2O. The van der Waals surface area contributed by atoms with Gasteiger partial charge in [0.25, 0.3) is 0 Å². The Morgan fingerprint density at radius 1 is 1.20 bits per heavy atom.